The number of nitrogens with zero attached hydrogens (tertiary/aromatic N) is 2. The first-order chi connectivity index (χ1) is 13.4. The quantitative estimate of drug-likeness (QED) is 0.707. The number of pyridine rings is 1. The number of aromatic nitrogens is 2. The van der Waals surface area contributed by atoms with Gasteiger partial charge < -0.3 is 9.30 Å². The van der Waals surface area contributed by atoms with E-state index < -0.39 is 0 Å². The second-order valence-corrected chi connectivity index (χ2v) is 8.54. The fourth-order valence-corrected chi connectivity index (χ4v) is 5.70. The fraction of sp³-hybridized carbons (Fsp3) is 0.458. The summed E-state index contributed by atoms with van der Waals surface area (Å²) in [5.74, 6) is 0.763. The van der Waals surface area contributed by atoms with Crippen LogP contribution in [0.1, 0.15) is 56.2 Å². The average Bonchev–Trinajstić information content (AvgIpc) is 3.28. The normalized spacial score (nSPS) is 26.7. The van der Waals surface area contributed by atoms with Gasteiger partial charge in [-0.15, -0.1) is 0 Å². The molecule has 0 N–H and O–H groups in total. The van der Waals surface area contributed by atoms with Crippen LogP contribution >= 0.6 is 0 Å². The summed E-state index contributed by atoms with van der Waals surface area (Å²) in [4.78, 5) is 4.43. The van der Waals surface area contributed by atoms with Crippen LogP contribution < -0.4 is 0 Å². The molecule has 0 bridgehead atoms. The molecule has 2 aromatic rings. The van der Waals surface area contributed by atoms with E-state index in [1.54, 1.807) is 0 Å². The number of ether oxygens (including phenoxy) is 1. The van der Waals surface area contributed by atoms with Gasteiger partial charge >= 0.3 is 0 Å². The average molecular weight is 358 g/mol. The zero-order valence-electron chi connectivity index (χ0n) is 15.8. The minimum atomic E-state index is 0.505. The van der Waals surface area contributed by atoms with E-state index in [1.165, 1.54) is 77.5 Å². The lowest BCUT2D eigenvalue weighted by Gasteiger charge is -2.29. The zero-order chi connectivity index (χ0) is 17.8. The smallest absolute Gasteiger partial charge is 0.0578 e. The maximum absolute atomic E-state index is 5.92. The van der Waals surface area contributed by atoms with Gasteiger partial charge in [0, 0.05) is 30.1 Å². The van der Waals surface area contributed by atoms with Crippen LogP contribution in [0, 0.1) is 5.92 Å². The Balaban J connectivity index is 1.46. The molecule has 2 aromatic heterocycles. The van der Waals surface area contributed by atoms with Crippen molar-refractivity contribution in [2.45, 2.75) is 57.5 Å². The number of fused-ring (bicyclic) bond motifs is 4. The van der Waals surface area contributed by atoms with Gasteiger partial charge in [0.25, 0.3) is 0 Å². The molecule has 2 aliphatic heterocycles. The molecule has 4 heterocycles. The molecule has 138 valence electrons. The Kier molecular flexibility index (Phi) is 3.65. The molecule has 0 aromatic carbocycles. The Morgan fingerprint density at radius 1 is 1.19 bits per heavy atom. The van der Waals surface area contributed by atoms with E-state index in [0.29, 0.717) is 6.10 Å². The molecule has 0 amide bonds. The molecule has 3 nitrogen and oxygen atoms in total. The van der Waals surface area contributed by atoms with Crippen molar-refractivity contribution in [3.05, 3.63) is 53.5 Å². The molecule has 1 saturated heterocycles. The molecule has 27 heavy (non-hydrogen) atoms. The van der Waals surface area contributed by atoms with E-state index in [9.17, 15) is 0 Å². The van der Waals surface area contributed by atoms with E-state index in [0.717, 1.165) is 25.4 Å². The Morgan fingerprint density at radius 3 is 3.11 bits per heavy atom. The Hall–Kier alpha value is -2.13. The number of allylic oxidation sites excluding steroid dienone is 6. The van der Waals surface area contributed by atoms with E-state index in [4.69, 9.17) is 4.74 Å². The third-order valence-electron chi connectivity index (χ3n) is 6.93. The summed E-state index contributed by atoms with van der Waals surface area (Å²) in [7, 11) is 0. The minimum Gasteiger partial charge on any atom is -0.378 e. The molecule has 0 saturated carbocycles. The van der Waals surface area contributed by atoms with Gasteiger partial charge in [-0.1, -0.05) is 18.2 Å². The highest BCUT2D eigenvalue weighted by Crippen LogP contribution is 2.45. The van der Waals surface area contributed by atoms with Crippen LogP contribution in [-0.2, 0) is 11.2 Å². The topological polar surface area (TPSA) is 27.1 Å². The van der Waals surface area contributed by atoms with E-state index >= 15 is 0 Å². The summed E-state index contributed by atoms with van der Waals surface area (Å²) in [6, 6.07) is 2.21. The maximum Gasteiger partial charge on any atom is 0.0578 e. The number of hydrogen-bond acceptors (Lipinski definition) is 2. The van der Waals surface area contributed by atoms with Crippen molar-refractivity contribution in [1.29, 1.82) is 0 Å². The molecule has 2 atom stereocenters. The first-order valence-corrected chi connectivity index (χ1v) is 10.6. The fourth-order valence-electron chi connectivity index (χ4n) is 5.70. The zero-order valence-corrected chi connectivity index (χ0v) is 15.8. The molecule has 4 aliphatic rings. The van der Waals surface area contributed by atoms with Gasteiger partial charge in [0.05, 0.1) is 17.3 Å². The van der Waals surface area contributed by atoms with Crippen molar-refractivity contribution in [2.75, 3.05) is 6.61 Å². The summed E-state index contributed by atoms with van der Waals surface area (Å²) in [5.41, 5.74) is 8.74. The van der Waals surface area contributed by atoms with E-state index in [-0.39, 0.29) is 0 Å². The van der Waals surface area contributed by atoms with Gasteiger partial charge in [0.1, 0.15) is 0 Å². The molecule has 6 rings (SSSR count). The summed E-state index contributed by atoms with van der Waals surface area (Å²) in [6.07, 6.45) is 21.4. The second-order valence-electron chi connectivity index (χ2n) is 8.54. The largest absolute Gasteiger partial charge is 0.378 e. The predicted octanol–water partition coefficient (Wildman–Crippen LogP) is 5.52. The van der Waals surface area contributed by atoms with Crippen molar-refractivity contribution in [3.8, 4) is 0 Å². The molecular weight excluding hydrogens is 332 g/mol. The highest BCUT2D eigenvalue weighted by atomic mass is 16.5. The van der Waals surface area contributed by atoms with Gasteiger partial charge in [-0.2, -0.15) is 0 Å². The highest BCUT2D eigenvalue weighted by molar-refractivity contribution is 5.96. The third-order valence-corrected chi connectivity index (χ3v) is 6.93. The van der Waals surface area contributed by atoms with Crippen LogP contribution in [0.4, 0.5) is 0 Å². The Morgan fingerprint density at radius 2 is 2.19 bits per heavy atom. The van der Waals surface area contributed by atoms with Crippen LogP contribution in [0.5, 0.6) is 0 Å². The van der Waals surface area contributed by atoms with Crippen LogP contribution in [-0.4, -0.2) is 22.3 Å². The van der Waals surface area contributed by atoms with Gasteiger partial charge in [0.2, 0.25) is 0 Å². The lowest BCUT2D eigenvalue weighted by Crippen LogP contribution is -2.18. The second kappa shape index (κ2) is 6.20. The van der Waals surface area contributed by atoms with Crippen molar-refractivity contribution in [1.82, 2.24) is 9.55 Å². The molecule has 3 heteroatoms. The van der Waals surface area contributed by atoms with Crippen LogP contribution in [0.2, 0.25) is 0 Å². The third kappa shape index (κ3) is 2.48. The molecular formula is C24H26N2O. The van der Waals surface area contributed by atoms with Crippen molar-refractivity contribution in [3.63, 3.8) is 0 Å². The molecule has 2 aliphatic carbocycles. The standard InChI is InChI=1S/C24H26N2O/c1-3-17-7-8-18-13-16(14-19-4-2-12-27-19)6-9-22(18)26-23-10-11-25-15-21(23)20(5-1)24(17)26/h3,7-8,10-11,15-16,19H,1-2,4-6,9,12-14H2. The SMILES string of the molecule is C1=CC2=C(CCC(CC3CCCO3)C2)n2c3c(c4cnccc42)CCC=C13. The van der Waals surface area contributed by atoms with E-state index in [2.05, 4.69) is 40.0 Å². The van der Waals surface area contributed by atoms with Gasteiger partial charge in [-0.25, -0.2) is 0 Å². The lowest BCUT2D eigenvalue weighted by molar-refractivity contribution is 0.0878. The van der Waals surface area contributed by atoms with Crippen molar-refractivity contribution >= 4 is 22.2 Å². The van der Waals surface area contributed by atoms with Crippen LogP contribution in [0.15, 0.2) is 42.3 Å². The van der Waals surface area contributed by atoms with Gasteiger partial charge in [0.15, 0.2) is 0 Å². The Bertz CT molecular complexity index is 1000. The van der Waals surface area contributed by atoms with Crippen LogP contribution in [0.3, 0.4) is 0 Å². The molecule has 1 fully saturated rings. The van der Waals surface area contributed by atoms with Gasteiger partial charge in [-0.3, -0.25) is 4.98 Å². The van der Waals surface area contributed by atoms with E-state index in [1.807, 2.05) is 6.20 Å². The molecule has 0 spiro atoms. The lowest BCUT2D eigenvalue weighted by atomic mass is 9.82. The maximum atomic E-state index is 5.92. The number of rotatable bonds is 2. The minimum absolute atomic E-state index is 0.505. The highest BCUT2D eigenvalue weighted by Gasteiger charge is 2.30. The predicted molar refractivity (Wildman–Crippen MR) is 109 cm³/mol. The molecule has 0 radical (unpaired) electrons. The van der Waals surface area contributed by atoms with Crippen molar-refractivity contribution in [2.24, 2.45) is 5.92 Å². The number of hydrogen-bond donors (Lipinski definition) is 0. The van der Waals surface area contributed by atoms with Crippen LogP contribution in [0.25, 0.3) is 22.2 Å². The summed E-state index contributed by atoms with van der Waals surface area (Å²) < 4.78 is 8.50. The molecule has 2 unspecified atom stereocenters. The summed E-state index contributed by atoms with van der Waals surface area (Å²) in [6.45, 7) is 0.967. The Labute approximate surface area is 160 Å². The number of aryl methyl sites for hydroxylation is 1. The first-order valence-electron chi connectivity index (χ1n) is 10.6. The first kappa shape index (κ1) is 15.9. The monoisotopic (exact) mass is 358 g/mol. The van der Waals surface area contributed by atoms with Gasteiger partial charge in [-0.05, 0) is 80.1 Å². The summed E-state index contributed by atoms with van der Waals surface area (Å²) >= 11 is 0. The van der Waals surface area contributed by atoms with Crippen molar-refractivity contribution < 1.29 is 4.74 Å². The summed E-state index contributed by atoms with van der Waals surface area (Å²) in [5, 5.41) is 1.35.